The summed E-state index contributed by atoms with van der Waals surface area (Å²) in [5.74, 6) is 2.48. The van der Waals surface area contributed by atoms with E-state index in [4.69, 9.17) is 9.97 Å². The van der Waals surface area contributed by atoms with Gasteiger partial charge in [-0.3, -0.25) is 4.57 Å². The van der Waals surface area contributed by atoms with Crippen molar-refractivity contribution in [1.82, 2.24) is 19.1 Å². The van der Waals surface area contributed by atoms with Crippen LogP contribution in [0.4, 0.5) is 0 Å². The van der Waals surface area contributed by atoms with Crippen molar-refractivity contribution in [3.05, 3.63) is 145 Å². The van der Waals surface area contributed by atoms with Crippen molar-refractivity contribution in [2.75, 3.05) is 0 Å². The Hall–Kier alpha value is -5.74. The molecule has 0 radical (unpaired) electrons. The lowest BCUT2D eigenvalue weighted by molar-refractivity contribution is 0.232. The molecule has 2 bridgehead atoms. The molecule has 4 heteroatoms. The number of rotatable bonds is 4. The van der Waals surface area contributed by atoms with Crippen LogP contribution < -0.4 is 0 Å². The summed E-state index contributed by atoms with van der Waals surface area (Å²) in [5, 5.41) is 5.97. The van der Waals surface area contributed by atoms with Gasteiger partial charge in [0.15, 0.2) is 0 Å². The molecule has 2 saturated carbocycles. The Morgan fingerprint density at radius 3 is 1.75 bits per heavy atom. The molecule has 0 unspecified atom stereocenters. The zero-order valence-electron chi connectivity index (χ0n) is 28.8. The van der Waals surface area contributed by atoms with Crippen molar-refractivity contribution in [2.45, 2.75) is 44.4 Å². The van der Waals surface area contributed by atoms with Crippen molar-refractivity contribution in [2.24, 2.45) is 11.8 Å². The maximum atomic E-state index is 5.41. The zero-order valence-corrected chi connectivity index (χ0v) is 28.8. The molecule has 6 aromatic carbocycles. The van der Waals surface area contributed by atoms with E-state index >= 15 is 0 Å². The molecule has 3 aromatic heterocycles. The Kier molecular flexibility index (Phi) is 6.19. The van der Waals surface area contributed by atoms with Crippen LogP contribution in [0.1, 0.15) is 44.6 Å². The van der Waals surface area contributed by atoms with Gasteiger partial charge in [-0.05, 0) is 84.5 Å². The van der Waals surface area contributed by atoms with Crippen molar-refractivity contribution in [3.8, 4) is 22.9 Å². The van der Waals surface area contributed by atoms with Gasteiger partial charge in [0.25, 0.3) is 0 Å². The first-order chi connectivity index (χ1) is 25.1. The smallest absolute Gasteiger partial charge is 0.235 e. The van der Waals surface area contributed by atoms with Crippen LogP contribution in [0, 0.1) is 11.8 Å². The Morgan fingerprint density at radius 2 is 1.08 bits per heavy atom. The number of aromatic nitrogens is 4. The monoisotopic (exact) mass is 658 g/mol. The van der Waals surface area contributed by atoms with E-state index in [0.717, 1.165) is 50.7 Å². The summed E-state index contributed by atoms with van der Waals surface area (Å²) < 4.78 is 4.65. The first-order valence-electron chi connectivity index (χ1n) is 18.5. The van der Waals surface area contributed by atoms with E-state index in [1.165, 1.54) is 70.2 Å². The van der Waals surface area contributed by atoms with E-state index in [9.17, 15) is 0 Å². The van der Waals surface area contributed by atoms with Gasteiger partial charge in [0, 0.05) is 38.2 Å². The topological polar surface area (TPSA) is 35.6 Å². The largest absolute Gasteiger partial charge is 0.309 e. The highest BCUT2D eigenvalue weighted by atomic mass is 15.2. The summed E-state index contributed by atoms with van der Waals surface area (Å²) in [6.07, 6.45) is 6.90. The second kappa shape index (κ2) is 10.9. The van der Waals surface area contributed by atoms with Crippen LogP contribution in [-0.4, -0.2) is 19.1 Å². The van der Waals surface area contributed by atoms with E-state index in [2.05, 4.69) is 156 Å². The SMILES string of the molecule is CC1(c2ccc(-c3nc(-n4c5ccccc5c5cc(-n6c7ccccc7c7ccccc76)ccc54)nc4ccccc34)cc2)C[C@@H]2CC[C@H](C2)C1. The summed E-state index contributed by atoms with van der Waals surface area (Å²) in [6.45, 7) is 2.50. The molecule has 3 heterocycles. The van der Waals surface area contributed by atoms with Crippen LogP contribution in [0.25, 0.3) is 77.4 Å². The van der Waals surface area contributed by atoms with Crippen LogP contribution in [0.15, 0.2) is 140 Å². The van der Waals surface area contributed by atoms with Crippen LogP contribution in [0.2, 0.25) is 0 Å². The number of hydrogen-bond donors (Lipinski definition) is 0. The highest BCUT2D eigenvalue weighted by molar-refractivity contribution is 6.12. The third kappa shape index (κ3) is 4.39. The van der Waals surface area contributed by atoms with Gasteiger partial charge in [0.1, 0.15) is 0 Å². The maximum Gasteiger partial charge on any atom is 0.235 e. The first kappa shape index (κ1) is 29.0. The van der Waals surface area contributed by atoms with Crippen molar-refractivity contribution < 1.29 is 0 Å². The van der Waals surface area contributed by atoms with Gasteiger partial charge in [-0.1, -0.05) is 117 Å². The highest BCUT2D eigenvalue weighted by Crippen LogP contribution is 2.52. The fraction of sp³-hybridized carbons (Fsp3) is 0.191. The number of nitrogens with zero attached hydrogens (tertiary/aromatic N) is 4. The van der Waals surface area contributed by atoms with Crippen molar-refractivity contribution in [1.29, 1.82) is 0 Å². The molecule has 2 aliphatic rings. The standard InChI is InChI=1S/C47H38N4/c1-47(28-30-18-19-31(26-30)29-47)33-22-20-32(21-23-33)45-38-13-2-6-14-40(38)48-46(49-45)51-43-17-9-5-12-37(43)39-27-34(24-25-44(39)51)50-41-15-7-3-10-35(41)36-11-4-8-16-42(36)50/h2-17,20-25,27,30-31H,18-19,26,28-29H2,1H3/t30-,31-/m1/s1. The van der Waals surface area contributed by atoms with Gasteiger partial charge in [-0.15, -0.1) is 0 Å². The summed E-state index contributed by atoms with van der Waals surface area (Å²) in [7, 11) is 0. The molecule has 0 aliphatic heterocycles. The minimum atomic E-state index is 0.266. The van der Waals surface area contributed by atoms with Crippen LogP contribution in [0.5, 0.6) is 0 Å². The minimum Gasteiger partial charge on any atom is -0.309 e. The van der Waals surface area contributed by atoms with Crippen molar-refractivity contribution >= 4 is 54.5 Å². The van der Waals surface area contributed by atoms with E-state index in [1.54, 1.807) is 0 Å². The molecule has 0 spiro atoms. The maximum absolute atomic E-state index is 5.41. The highest BCUT2D eigenvalue weighted by Gasteiger charge is 2.41. The lowest BCUT2D eigenvalue weighted by atomic mass is 9.66. The Morgan fingerprint density at radius 1 is 0.529 bits per heavy atom. The van der Waals surface area contributed by atoms with Gasteiger partial charge in [0.2, 0.25) is 5.95 Å². The van der Waals surface area contributed by atoms with E-state index in [0.29, 0.717) is 5.95 Å². The molecule has 0 N–H and O–H groups in total. The summed E-state index contributed by atoms with van der Waals surface area (Å²) in [4.78, 5) is 10.6. The van der Waals surface area contributed by atoms with Gasteiger partial charge in [0.05, 0.1) is 33.3 Å². The molecule has 2 fully saturated rings. The number of para-hydroxylation sites is 4. The van der Waals surface area contributed by atoms with Gasteiger partial charge >= 0.3 is 0 Å². The molecular weight excluding hydrogens is 621 g/mol. The third-order valence-electron chi connectivity index (χ3n) is 12.3. The molecule has 9 aromatic rings. The Balaban J connectivity index is 1.08. The molecule has 0 saturated heterocycles. The molecule has 246 valence electrons. The molecule has 2 aliphatic carbocycles. The minimum absolute atomic E-state index is 0.266. The van der Waals surface area contributed by atoms with Gasteiger partial charge in [-0.2, -0.15) is 0 Å². The lowest BCUT2D eigenvalue weighted by Gasteiger charge is -2.38. The quantitative estimate of drug-likeness (QED) is 0.189. The normalized spacial score (nSPS) is 20.3. The van der Waals surface area contributed by atoms with Gasteiger partial charge < -0.3 is 4.57 Å². The summed E-state index contributed by atoms with van der Waals surface area (Å²) >= 11 is 0. The predicted molar refractivity (Wildman–Crippen MR) is 211 cm³/mol. The Bertz CT molecular complexity index is 2750. The molecule has 2 atom stereocenters. The van der Waals surface area contributed by atoms with E-state index in [-0.39, 0.29) is 5.41 Å². The van der Waals surface area contributed by atoms with E-state index in [1.807, 2.05) is 0 Å². The molecule has 0 amide bonds. The van der Waals surface area contributed by atoms with Crippen molar-refractivity contribution in [3.63, 3.8) is 0 Å². The number of hydrogen-bond acceptors (Lipinski definition) is 2. The average Bonchev–Trinajstić information content (AvgIpc) is 3.82. The molecular formula is C47H38N4. The third-order valence-corrected chi connectivity index (χ3v) is 12.3. The van der Waals surface area contributed by atoms with Crippen LogP contribution in [-0.2, 0) is 5.41 Å². The molecule has 11 rings (SSSR count). The van der Waals surface area contributed by atoms with Gasteiger partial charge in [-0.25, -0.2) is 9.97 Å². The summed E-state index contributed by atoms with van der Waals surface area (Å²) in [6, 6.07) is 50.7. The lowest BCUT2D eigenvalue weighted by Crippen LogP contribution is -2.30. The van der Waals surface area contributed by atoms with Crippen LogP contribution in [0.3, 0.4) is 0 Å². The van der Waals surface area contributed by atoms with E-state index < -0.39 is 0 Å². The predicted octanol–water partition coefficient (Wildman–Crippen LogP) is 12.0. The second-order valence-electron chi connectivity index (χ2n) is 15.4. The zero-order chi connectivity index (χ0) is 33.7. The Labute approximate surface area is 297 Å². The van der Waals surface area contributed by atoms with Crippen LogP contribution >= 0.6 is 0 Å². The fourth-order valence-corrected chi connectivity index (χ4v) is 10.1. The number of benzene rings is 6. The second-order valence-corrected chi connectivity index (χ2v) is 15.4. The fourth-order valence-electron chi connectivity index (χ4n) is 10.1. The summed E-state index contributed by atoms with van der Waals surface area (Å²) in [5.41, 5.74) is 10.6. The molecule has 51 heavy (non-hydrogen) atoms. The first-order valence-corrected chi connectivity index (χ1v) is 18.5. The average molecular weight is 659 g/mol. The number of fused-ring (bicyclic) bond motifs is 9. The molecule has 4 nitrogen and oxygen atoms in total.